The van der Waals surface area contributed by atoms with Crippen molar-refractivity contribution < 1.29 is 0 Å². The van der Waals surface area contributed by atoms with E-state index in [1.807, 2.05) is 0 Å². The Bertz CT molecular complexity index is 156. The first-order valence-electron chi connectivity index (χ1n) is 6.72. The Morgan fingerprint density at radius 1 is 0.667 bits per heavy atom. The molecule has 0 saturated carbocycles. The van der Waals surface area contributed by atoms with Gasteiger partial charge in [0.25, 0.3) is 0 Å². The third kappa shape index (κ3) is 8.47. The maximum atomic E-state index is 3.34. The van der Waals surface area contributed by atoms with Gasteiger partial charge in [0.15, 0.2) is 0 Å². The van der Waals surface area contributed by atoms with Crippen LogP contribution in [0.5, 0.6) is 0 Å². The van der Waals surface area contributed by atoms with E-state index in [4.69, 9.17) is 0 Å². The van der Waals surface area contributed by atoms with Crippen LogP contribution >= 0.6 is 0 Å². The molecule has 0 fully saturated rings. The third-order valence-corrected chi connectivity index (χ3v) is 3.04. The van der Waals surface area contributed by atoms with Gasteiger partial charge in [-0.15, -0.1) is 0 Å². The van der Waals surface area contributed by atoms with Crippen LogP contribution in [-0.2, 0) is 0 Å². The minimum atomic E-state index is 1.14. The van der Waals surface area contributed by atoms with Crippen LogP contribution in [0, 0.1) is 6.08 Å². The summed E-state index contributed by atoms with van der Waals surface area (Å²) >= 11 is 0. The summed E-state index contributed by atoms with van der Waals surface area (Å²) in [6, 6.07) is 0. The predicted octanol–water partition coefficient (Wildman–Crippen LogP) is 5.21. The topological polar surface area (TPSA) is 0 Å². The van der Waals surface area contributed by atoms with Crippen molar-refractivity contribution in [3.8, 4) is 0 Å². The fourth-order valence-corrected chi connectivity index (χ4v) is 2.04. The summed E-state index contributed by atoms with van der Waals surface area (Å²) < 4.78 is 0. The van der Waals surface area contributed by atoms with Gasteiger partial charge in [-0.3, -0.25) is 0 Å². The average molecular weight is 205 g/mol. The van der Waals surface area contributed by atoms with Gasteiger partial charge in [-0.1, -0.05) is 63.2 Å². The molecule has 0 heterocycles. The van der Waals surface area contributed by atoms with Gasteiger partial charge in [0.05, 0.1) is 0 Å². The van der Waals surface area contributed by atoms with E-state index in [1.54, 1.807) is 0 Å². The Balaban J connectivity index is 2.16. The zero-order chi connectivity index (χ0) is 10.6. The summed E-state index contributed by atoms with van der Waals surface area (Å²) in [5.41, 5.74) is 0. The lowest BCUT2D eigenvalue weighted by Gasteiger charge is -2.00. The van der Waals surface area contributed by atoms with Crippen LogP contribution in [0.25, 0.3) is 0 Å². The summed E-state index contributed by atoms with van der Waals surface area (Å²) in [6.07, 6.45) is 25.0. The van der Waals surface area contributed by atoms with Crippen LogP contribution in [0.2, 0.25) is 0 Å². The lowest BCUT2D eigenvalue weighted by atomic mass is 10.1. The fourth-order valence-electron chi connectivity index (χ4n) is 2.04. The molecule has 0 aromatic carbocycles. The molecule has 0 nitrogen and oxygen atoms in total. The van der Waals surface area contributed by atoms with Crippen LogP contribution in [0.1, 0.15) is 70.6 Å². The van der Waals surface area contributed by atoms with Crippen LogP contribution in [-0.4, -0.2) is 0 Å². The maximum Gasteiger partial charge on any atom is -0.0276 e. The molecule has 0 amide bonds. The Morgan fingerprint density at radius 3 is 2.00 bits per heavy atom. The van der Waals surface area contributed by atoms with Gasteiger partial charge in [0.2, 0.25) is 0 Å². The van der Waals surface area contributed by atoms with Crippen molar-refractivity contribution in [2.75, 3.05) is 0 Å². The number of hydrogen-bond donors (Lipinski definition) is 0. The Kier molecular flexibility index (Phi) is 8.38. The van der Waals surface area contributed by atoms with Crippen LogP contribution in [0.3, 0.4) is 0 Å². The van der Waals surface area contributed by atoms with Crippen molar-refractivity contribution in [1.29, 1.82) is 0 Å². The van der Waals surface area contributed by atoms with E-state index in [2.05, 4.69) is 24.3 Å². The summed E-state index contributed by atoms with van der Waals surface area (Å²) in [6.45, 7) is 0. The predicted molar refractivity (Wildman–Crippen MR) is 67.7 cm³/mol. The van der Waals surface area contributed by atoms with Crippen LogP contribution in [0.4, 0.5) is 0 Å². The molecule has 1 aliphatic carbocycles. The number of rotatable bonds is 0. The molecule has 0 aliphatic heterocycles. The van der Waals surface area contributed by atoms with Gasteiger partial charge in [0.1, 0.15) is 0 Å². The van der Waals surface area contributed by atoms with Gasteiger partial charge >= 0.3 is 0 Å². The van der Waals surface area contributed by atoms with E-state index in [-0.39, 0.29) is 0 Å². The van der Waals surface area contributed by atoms with Gasteiger partial charge in [-0.2, -0.15) is 0 Å². The standard InChI is InChI=1S/C15H25/c1-2-4-6-8-10-12-14-15-13-11-9-7-5-3-1/h1-3H,4,6-15H2/b2-1-,5-3?. The molecule has 0 atom stereocenters. The molecule has 1 rings (SSSR count). The zero-order valence-corrected chi connectivity index (χ0v) is 10.0. The van der Waals surface area contributed by atoms with Gasteiger partial charge in [0, 0.05) is 0 Å². The summed E-state index contributed by atoms with van der Waals surface area (Å²) in [7, 11) is 0. The lowest BCUT2D eigenvalue weighted by molar-refractivity contribution is 0.561. The van der Waals surface area contributed by atoms with E-state index >= 15 is 0 Å². The second kappa shape index (κ2) is 10.0. The van der Waals surface area contributed by atoms with E-state index < -0.39 is 0 Å². The highest BCUT2D eigenvalue weighted by Crippen LogP contribution is 2.12. The quantitative estimate of drug-likeness (QED) is 0.509. The van der Waals surface area contributed by atoms with Gasteiger partial charge < -0.3 is 0 Å². The van der Waals surface area contributed by atoms with E-state index in [1.165, 1.54) is 64.2 Å². The maximum absolute atomic E-state index is 3.34. The largest absolute Gasteiger partial charge is 0.0845 e. The average Bonchev–Trinajstić information content (AvgIpc) is 2.27. The number of allylic oxidation sites excluding steroid dienone is 4. The number of hydrogen-bond acceptors (Lipinski definition) is 0. The van der Waals surface area contributed by atoms with Crippen LogP contribution < -0.4 is 0 Å². The Morgan fingerprint density at radius 2 is 1.27 bits per heavy atom. The first-order valence-corrected chi connectivity index (χ1v) is 6.72. The SMILES string of the molecule is [C]1=C/C=C\CCCCCCCCCCC/1. The molecule has 0 aromatic heterocycles. The first-order chi connectivity index (χ1) is 7.50. The molecule has 0 aromatic rings. The van der Waals surface area contributed by atoms with Gasteiger partial charge in [-0.25, -0.2) is 0 Å². The third-order valence-electron chi connectivity index (χ3n) is 3.04. The Labute approximate surface area is 95.5 Å². The van der Waals surface area contributed by atoms with Gasteiger partial charge in [-0.05, 0) is 31.8 Å². The second-order valence-corrected chi connectivity index (χ2v) is 4.52. The minimum absolute atomic E-state index is 1.14. The summed E-state index contributed by atoms with van der Waals surface area (Å²) in [4.78, 5) is 0. The molecule has 0 heteroatoms. The highest BCUT2D eigenvalue weighted by molar-refractivity contribution is 4.98. The molecule has 0 spiro atoms. The molecule has 85 valence electrons. The monoisotopic (exact) mass is 205 g/mol. The zero-order valence-electron chi connectivity index (χ0n) is 10.0. The highest BCUT2D eigenvalue weighted by atomic mass is 14.0. The molecule has 15 heavy (non-hydrogen) atoms. The van der Waals surface area contributed by atoms with E-state index in [0.29, 0.717) is 0 Å². The summed E-state index contributed by atoms with van der Waals surface area (Å²) in [5, 5.41) is 0. The van der Waals surface area contributed by atoms with E-state index in [0.717, 1.165) is 6.42 Å². The van der Waals surface area contributed by atoms with E-state index in [9.17, 15) is 0 Å². The molecule has 0 unspecified atom stereocenters. The fraction of sp³-hybridized carbons (Fsp3) is 0.733. The molecule has 1 aliphatic rings. The smallest absolute Gasteiger partial charge is 0.0276 e. The molecule has 0 bridgehead atoms. The van der Waals surface area contributed by atoms with Crippen molar-refractivity contribution in [2.45, 2.75) is 70.6 Å². The van der Waals surface area contributed by atoms with Crippen LogP contribution in [0.15, 0.2) is 18.2 Å². The van der Waals surface area contributed by atoms with Crippen molar-refractivity contribution in [1.82, 2.24) is 0 Å². The second-order valence-electron chi connectivity index (χ2n) is 4.52. The molecule has 0 N–H and O–H groups in total. The summed E-state index contributed by atoms with van der Waals surface area (Å²) in [5.74, 6) is 0. The first kappa shape index (κ1) is 12.5. The highest BCUT2D eigenvalue weighted by Gasteiger charge is 1.92. The van der Waals surface area contributed by atoms with Crippen molar-refractivity contribution in [3.05, 3.63) is 24.3 Å². The lowest BCUT2D eigenvalue weighted by Crippen LogP contribution is -1.81. The van der Waals surface area contributed by atoms with Crippen molar-refractivity contribution >= 4 is 0 Å². The molecule has 0 saturated heterocycles. The molecular weight excluding hydrogens is 180 g/mol. The van der Waals surface area contributed by atoms with Crippen molar-refractivity contribution in [2.24, 2.45) is 0 Å². The molecule has 1 radical (unpaired) electrons. The Hall–Kier alpha value is -0.520. The van der Waals surface area contributed by atoms with Crippen molar-refractivity contribution in [3.63, 3.8) is 0 Å². The molecular formula is C15H25. The normalized spacial score (nSPS) is 26.1. The minimum Gasteiger partial charge on any atom is -0.0845 e.